The van der Waals surface area contributed by atoms with Gasteiger partial charge in [0.05, 0.1) is 16.8 Å². The van der Waals surface area contributed by atoms with Crippen LogP contribution in [0.5, 0.6) is 0 Å². The lowest BCUT2D eigenvalue weighted by atomic mass is 9.99. The van der Waals surface area contributed by atoms with E-state index in [0.29, 0.717) is 16.8 Å². The first kappa shape index (κ1) is 21.7. The molecule has 0 fully saturated rings. The van der Waals surface area contributed by atoms with Crippen LogP contribution >= 0.6 is 0 Å². The number of halogens is 3. The lowest BCUT2D eigenvalue weighted by Crippen LogP contribution is -2.13. The Morgan fingerprint density at radius 2 is 1.63 bits per heavy atom. The Kier molecular flexibility index (Phi) is 6.06. The van der Waals surface area contributed by atoms with Crippen LogP contribution in [-0.4, -0.2) is 15.6 Å². The lowest BCUT2D eigenvalue weighted by molar-refractivity contribution is -0.137. The van der Waals surface area contributed by atoms with Crippen LogP contribution < -0.4 is 0 Å². The fourth-order valence-electron chi connectivity index (χ4n) is 3.73. The molecular formula is C24H24F3NO2. The fraction of sp³-hybridized carbons (Fsp3) is 0.292. The van der Waals surface area contributed by atoms with Crippen molar-refractivity contribution >= 4 is 5.97 Å². The molecule has 0 radical (unpaired) electrons. The van der Waals surface area contributed by atoms with Crippen molar-refractivity contribution in [1.82, 2.24) is 4.57 Å². The Labute approximate surface area is 173 Å². The summed E-state index contributed by atoms with van der Waals surface area (Å²) in [7, 11) is 0. The Hall–Kier alpha value is -3.02. The number of nitrogens with zero attached hydrogens (tertiary/aromatic N) is 1. The molecule has 0 saturated heterocycles. The predicted molar refractivity (Wildman–Crippen MR) is 111 cm³/mol. The third-order valence-corrected chi connectivity index (χ3v) is 5.31. The molecule has 30 heavy (non-hydrogen) atoms. The summed E-state index contributed by atoms with van der Waals surface area (Å²) in [4.78, 5) is 11.4. The number of aromatic nitrogens is 1. The zero-order valence-corrected chi connectivity index (χ0v) is 17.2. The molecule has 0 saturated carbocycles. The van der Waals surface area contributed by atoms with Gasteiger partial charge in [-0.3, -0.25) is 0 Å². The highest BCUT2D eigenvalue weighted by Crippen LogP contribution is 2.38. The molecule has 1 aromatic heterocycles. The summed E-state index contributed by atoms with van der Waals surface area (Å²) < 4.78 is 43.1. The van der Waals surface area contributed by atoms with Crippen molar-refractivity contribution in [2.24, 2.45) is 0 Å². The van der Waals surface area contributed by atoms with E-state index in [9.17, 15) is 23.1 Å². The molecule has 158 valence electrons. The van der Waals surface area contributed by atoms with Crippen molar-refractivity contribution in [1.29, 1.82) is 0 Å². The largest absolute Gasteiger partial charge is 0.478 e. The van der Waals surface area contributed by atoms with Gasteiger partial charge in [0.15, 0.2) is 0 Å². The maximum atomic E-state index is 13.9. The highest BCUT2D eigenvalue weighted by molar-refractivity contribution is 5.89. The van der Waals surface area contributed by atoms with Gasteiger partial charge in [0, 0.05) is 11.4 Å². The normalized spacial score (nSPS) is 11.7. The molecule has 6 heteroatoms. The van der Waals surface area contributed by atoms with Gasteiger partial charge in [-0.05, 0) is 61.6 Å². The number of aryl methyl sites for hydroxylation is 2. The minimum atomic E-state index is -4.58. The highest BCUT2D eigenvalue weighted by Gasteiger charge is 2.35. The molecule has 3 rings (SSSR count). The van der Waals surface area contributed by atoms with E-state index < -0.39 is 17.7 Å². The van der Waals surface area contributed by atoms with E-state index >= 15 is 0 Å². The number of carboxylic acids is 1. The number of hydrogen-bond acceptors (Lipinski definition) is 1. The van der Waals surface area contributed by atoms with Crippen molar-refractivity contribution in [3.05, 3.63) is 76.6 Å². The Balaban J connectivity index is 2.09. The second kappa shape index (κ2) is 8.38. The zero-order chi connectivity index (χ0) is 22.1. The quantitative estimate of drug-likeness (QED) is 0.480. The van der Waals surface area contributed by atoms with Crippen LogP contribution in [0.25, 0.3) is 16.8 Å². The maximum absolute atomic E-state index is 13.9. The van der Waals surface area contributed by atoms with Crippen LogP contribution in [0.1, 0.15) is 52.6 Å². The van der Waals surface area contributed by atoms with E-state index in [0.717, 1.165) is 30.9 Å². The number of carbonyl (C=O) groups is 1. The van der Waals surface area contributed by atoms with E-state index in [-0.39, 0.29) is 16.9 Å². The van der Waals surface area contributed by atoms with E-state index in [2.05, 4.69) is 6.92 Å². The van der Waals surface area contributed by atoms with Gasteiger partial charge in [-0.2, -0.15) is 13.2 Å². The number of benzene rings is 2. The van der Waals surface area contributed by atoms with Crippen LogP contribution in [0.3, 0.4) is 0 Å². The zero-order valence-electron chi connectivity index (χ0n) is 17.2. The van der Waals surface area contributed by atoms with Crippen LogP contribution in [0.4, 0.5) is 13.2 Å². The number of carboxylic acid groups (broad SMARTS) is 1. The Bertz CT molecular complexity index is 1060. The van der Waals surface area contributed by atoms with E-state index in [1.54, 1.807) is 13.0 Å². The first-order valence-electron chi connectivity index (χ1n) is 9.86. The van der Waals surface area contributed by atoms with Gasteiger partial charge in [-0.1, -0.05) is 43.7 Å². The van der Waals surface area contributed by atoms with Crippen LogP contribution in [0.2, 0.25) is 0 Å². The smallest absolute Gasteiger partial charge is 0.418 e. The number of rotatable bonds is 6. The standard InChI is InChI=1S/C24H24F3NO2/c1-4-5-6-17-7-9-18(10-8-17)19-11-12-22(21(14-19)24(25,26)27)28-15(2)13-20(16(28)3)23(29)30/h7-14H,4-6H2,1-3H3,(H,29,30). The maximum Gasteiger partial charge on any atom is 0.418 e. The van der Waals surface area contributed by atoms with Crippen LogP contribution in [-0.2, 0) is 12.6 Å². The summed E-state index contributed by atoms with van der Waals surface area (Å²) in [6, 6.07) is 13.2. The summed E-state index contributed by atoms with van der Waals surface area (Å²) in [5.74, 6) is -1.16. The van der Waals surface area contributed by atoms with Gasteiger partial charge in [0.2, 0.25) is 0 Å². The molecule has 0 amide bonds. The molecule has 0 aliphatic carbocycles. The third-order valence-electron chi connectivity index (χ3n) is 5.31. The van der Waals surface area contributed by atoms with Crippen molar-refractivity contribution in [2.75, 3.05) is 0 Å². The molecule has 0 bridgehead atoms. The molecule has 3 aromatic rings. The van der Waals surface area contributed by atoms with Gasteiger partial charge in [0.25, 0.3) is 0 Å². The monoisotopic (exact) mass is 415 g/mol. The number of aromatic carboxylic acids is 1. The van der Waals surface area contributed by atoms with Gasteiger partial charge in [0.1, 0.15) is 0 Å². The van der Waals surface area contributed by atoms with E-state index in [4.69, 9.17) is 0 Å². The van der Waals surface area contributed by atoms with Crippen molar-refractivity contribution in [3.8, 4) is 16.8 Å². The Morgan fingerprint density at radius 3 is 2.17 bits per heavy atom. The first-order chi connectivity index (χ1) is 14.1. The van der Waals surface area contributed by atoms with Gasteiger partial charge >= 0.3 is 12.1 Å². The van der Waals surface area contributed by atoms with E-state index in [1.807, 2.05) is 24.3 Å². The molecular weight excluding hydrogens is 391 g/mol. The predicted octanol–water partition coefficient (Wildman–Crippen LogP) is 6.82. The van der Waals surface area contributed by atoms with Gasteiger partial charge in [-0.15, -0.1) is 0 Å². The molecule has 0 atom stereocenters. The van der Waals surface area contributed by atoms with Crippen LogP contribution in [0.15, 0.2) is 48.5 Å². The first-order valence-corrected chi connectivity index (χ1v) is 9.86. The van der Waals surface area contributed by atoms with Gasteiger partial charge < -0.3 is 9.67 Å². The number of unbranched alkanes of at least 4 members (excludes halogenated alkanes) is 1. The molecule has 2 aromatic carbocycles. The van der Waals surface area contributed by atoms with Gasteiger partial charge in [-0.25, -0.2) is 4.79 Å². The minimum absolute atomic E-state index is 0.00707. The van der Waals surface area contributed by atoms with Crippen molar-refractivity contribution < 1.29 is 23.1 Å². The summed E-state index contributed by atoms with van der Waals surface area (Å²) in [6.07, 6.45) is -1.49. The molecule has 1 heterocycles. The van der Waals surface area contributed by atoms with Crippen LogP contribution in [0, 0.1) is 13.8 Å². The molecule has 0 spiro atoms. The van der Waals surface area contributed by atoms with E-state index in [1.165, 1.54) is 23.6 Å². The molecule has 3 nitrogen and oxygen atoms in total. The molecule has 0 aliphatic rings. The second-order valence-corrected chi connectivity index (χ2v) is 7.46. The Morgan fingerprint density at radius 1 is 1.00 bits per heavy atom. The average Bonchev–Trinajstić information content (AvgIpc) is 3.00. The van der Waals surface area contributed by atoms with Crippen molar-refractivity contribution in [3.63, 3.8) is 0 Å². The minimum Gasteiger partial charge on any atom is -0.478 e. The number of hydrogen-bond donors (Lipinski definition) is 1. The summed E-state index contributed by atoms with van der Waals surface area (Å²) in [5.41, 5.74) is 2.15. The summed E-state index contributed by atoms with van der Waals surface area (Å²) >= 11 is 0. The molecule has 0 unspecified atom stereocenters. The summed E-state index contributed by atoms with van der Waals surface area (Å²) in [5, 5.41) is 9.31. The fourth-order valence-corrected chi connectivity index (χ4v) is 3.73. The summed E-state index contributed by atoms with van der Waals surface area (Å²) in [6.45, 7) is 5.23. The van der Waals surface area contributed by atoms with Crippen molar-refractivity contribution in [2.45, 2.75) is 46.2 Å². The number of alkyl halides is 3. The average molecular weight is 415 g/mol. The third kappa shape index (κ3) is 4.27. The second-order valence-electron chi connectivity index (χ2n) is 7.46. The lowest BCUT2D eigenvalue weighted by Gasteiger charge is -2.18. The topological polar surface area (TPSA) is 42.2 Å². The highest BCUT2D eigenvalue weighted by atomic mass is 19.4. The molecule has 1 N–H and O–H groups in total. The molecule has 0 aliphatic heterocycles. The SMILES string of the molecule is CCCCc1ccc(-c2ccc(-n3c(C)cc(C(=O)O)c3C)c(C(F)(F)F)c2)cc1.